The molecule has 2 aromatic rings. The number of hydrogen-bond donors (Lipinski definition) is 1. The van der Waals surface area contributed by atoms with E-state index < -0.39 is 30.2 Å². The van der Waals surface area contributed by atoms with Crippen LogP contribution in [0.5, 0.6) is 0 Å². The van der Waals surface area contributed by atoms with E-state index >= 15 is 0 Å². The molecule has 8 heteroatoms. The van der Waals surface area contributed by atoms with Gasteiger partial charge in [0, 0.05) is 27.6 Å². The molecule has 134 valence electrons. The molecule has 0 spiro atoms. The quantitative estimate of drug-likeness (QED) is 0.349. The van der Waals surface area contributed by atoms with Gasteiger partial charge in [-0.3, -0.25) is 4.79 Å². The molecule has 2 rings (SSSR count). The number of alkyl halides is 4. The molecule has 0 saturated carbocycles. The number of benzene rings is 2. The van der Waals surface area contributed by atoms with Gasteiger partial charge in [0.2, 0.25) is 0 Å². The smallest absolute Gasteiger partial charge is 0.381 e. The third-order valence-electron chi connectivity index (χ3n) is 3.37. The van der Waals surface area contributed by atoms with Crippen LogP contribution in [0.4, 0.5) is 23.2 Å². The average Bonchev–Trinajstić information content (AvgIpc) is 2.54. The van der Waals surface area contributed by atoms with Crippen molar-refractivity contribution >= 4 is 39.0 Å². The van der Waals surface area contributed by atoms with Crippen molar-refractivity contribution in [3.05, 3.63) is 64.4 Å². The third-order valence-corrected chi connectivity index (χ3v) is 4.39. The molecule has 1 N–H and O–H groups in total. The largest absolute Gasteiger partial charge is 0.391 e. The molecule has 0 radical (unpaired) electrons. The van der Waals surface area contributed by atoms with Gasteiger partial charge in [-0.1, -0.05) is 39.7 Å². The first-order chi connectivity index (χ1) is 11.7. The lowest BCUT2D eigenvalue weighted by atomic mass is 10.0. The van der Waals surface area contributed by atoms with E-state index in [0.29, 0.717) is 0 Å². The van der Waals surface area contributed by atoms with Gasteiger partial charge < -0.3 is 5.32 Å². The maximum atomic E-state index is 13.9. The normalized spacial score (nSPS) is 12.7. The lowest BCUT2D eigenvalue weighted by Gasteiger charge is -2.21. The zero-order chi connectivity index (χ0) is 18.6. The first kappa shape index (κ1) is 19.7. The Balaban J connectivity index is 2.37. The van der Waals surface area contributed by atoms with Crippen LogP contribution >= 0.6 is 27.5 Å². The van der Waals surface area contributed by atoms with Gasteiger partial charge in [-0.15, -0.1) is 0 Å². The number of halogens is 6. The number of carbonyl (C=O) groups is 1. The number of carbonyl (C=O) groups excluding carboxylic acids is 1. The molecule has 2 nitrogen and oxygen atoms in total. The van der Waals surface area contributed by atoms with E-state index in [2.05, 4.69) is 21.2 Å². The van der Waals surface area contributed by atoms with Crippen LogP contribution in [0.15, 0.2) is 42.5 Å². The predicted octanol–water partition coefficient (Wildman–Crippen LogP) is 5.84. The van der Waals surface area contributed by atoms with Crippen molar-refractivity contribution in [3.63, 3.8) is 0 Å². The molecule has 25 heavy (non-hydrogen) atoms. The number of anilines is 1. The van der Waals surface area contributed by atoms with Crippen LogP contribution in [0, 0.1) is 5.82 Å². The Morgan fingerprint density at radius 3 is 2.44 bits per heavy atom. The van der Waals surface area contributed by atoms with Crippen LogP contribution in [0.2, 0.25) is 5.02 Å². The van der Waals surface area contributed by atoms with Crippen LogP contribution in [0.1, 0.15) is 22.3 Å². The Labute approximate surface area is 155 Å². The fraction of sp³-hybridized carbons (Fsp3) is 0.235. The maximum Gasteiger partial charge on any atom is 0.391 e. The average molecular weight is 439 g/mol. The van der Waals surface area contributed by atoms with Gasteiger partial charge in [-0.05, 0) is 30.3 Å². The van der Waals surface area contributed by atoms with Crippen molar-refractivity contribution in [3.8, 4) is 0 Å². The van der Waals surface area contributed by atoms with E-state index in [-0.39, 0.29) is 27.2 Å². The second-order valence-corrected chi connectivity index (χ2v) is 6.40. The summed E-state index contributed by atoms with van der Waals surface area (Å²) in [6.45, 7) is 0. The molecule has 0 heterocycles. The van der Waals surface area contributed by atoms with Crippen molar-refractivity contribution in [2.45, 2.75) is 18.6 Å². The second-order valence-electron chi connectivity index (χ2n) is 5.31. The van der Waals surface area contributed by atoms with Crippen LogP contribution in [0.3, 0.4) is 0 Å². The summed E-state index contributed by atoms with van der Waals surface area (Å²) in [4.78, 5) is 12.6. The number of rotatable bonds is 6. The minimum Gasteiger partial charge on any atom is -0.381 e. The lowest BCUT2D eigenvalue weighted by Crippen LogP contribution is -2.29. The topological polar surface area (TPSA) is 29.1 Å². The van der Waals surface area contributed by atoms with E-state index in [1.54, 1.807) is 0 Å². The number of nitrogens with one attached hydrogen (secondary N) is 1. The van der Waals surface area contributed by atoms with Crippen LogP contribution in [-0.4, -0.2) is 23.3 Å². The molecule has 0 amide bonds. The van der Waals surface area contributed by atoms with Crippen molar-refractivity contribution < 1.29 is 22.4 Å². The van der Waals surface area contributed by atoms with Gasteiger partial charge in [0.1, 0.15) is 5.82 Å². The predicted molar refractivity (Wildman–Crippen MR) is 93.2 cm³/mol. The summed E-state index contributed by atoms with van der Waals surface area (Å²) in [6, 6.07) is 8.54. The molecule has 0 saturated heterocycles. The van der Waals surface area contributed by atoms with Gasteiger partial charge in [-0.2, -0.15) is 13.2 Å². The van der Waals surface area contributed by atoms with Gasteiger partial charge in [0.25, 0.3) is 0 Å². The molecule has 2 aromatic carbocycles. The summed E-state index contributed by atoms with van der Waals surface area (Å²) in [5.74, 6) is -1.38. The Morgan fingerprint density at radius 1 is 1.16 bits per heavy atom. The van der Waals surface area contributed by atoms with Crippen LogP contribution in [-0.2, 0) is 0 Å². The first-order valence-corrected chi connectivity index (χ1v) is 8.69. The zero-order valence-corrected chi connectivity index (χ0v) is 15.1. The highest BCUT2D eigenvalue weighted by Crippen LogP contribution is 2.28. The molecular formula is C17H13BrClF4NO. The zero-order valence-electron chi connectivity index (χ0n) is 12.7. The Morgan fingerprint density at radius 2 is 1.84 bits per heavy atom. The van der Waals surface area contributed by atoms with Crippen molar-refractivity contribution in [1.82, 2.24) is 0 Å². The van der Waals surface area contributed by atoms with Crippen LogP contribution < -0.4 is 5.32 Å². The van der Waals surface area contributed by atoms with Crippen molar-refractivity contribution in [2.75, 3.05) is 10.6 Å². The molecule has 1 unspecified atom stereocenters. The van der Waals surface area contributed by atoms with Crippen LogP contribution in [0.25, 0.3) is 0 Å². The summed E-state index contributed by atoms with van der Waals surface area (Å²) < 4.78 is 51.8. The van der Waals surface area contributed by atoms with E-state index in [1.165, 1.54) is 36.4 Å². The molecule has 0 bridgehead atoms. The summed E-state index contributed by atoms with van der Waals surface area (Å²) in [6.07, 6.45) is -5.46. The molecule has 0 aliphatic carbocycles. The van der Waals surface area contributed by atoms with Crippen molar-refractivity contribution in [1.29, 1.82) is 0 Å². The molecular weight excluding hydrogens is 426 g/mol. The highest BCUT2D eigenvalue weighted by Gasteiger charge is 2.32. The Bertz CT molecular complexity index is 767. The molecule has 0 aromatic heterocycles. The third kappa shape index (κ3) is 5.44. The van der Waals surface area contributed by atoms with E-state index in [9.17, 15) is 22.4 Å². The minimum atomic E-state index is -4.37. The summed E-state index contributed by atoms with van der Waals surface area (Å²) >= 11 is 8.93. The van der Waals surface area contributed by atoms with Gasteiger partial charge >= 0.3 is 6.18 Å². The fourth-order valence-electron chi connectivity index (χ4n) is 2.26. The second kappa shape index (κ2) is 8.19. The molecule has 0 fully saturated rings. The molecule has 1 atom stereocenters. The lowest BCUT2D eigenvalue weighted by molar-refractivity contribution is -0.135. The fourth-order valence-corrected chi connectivity index (χ4v) is 2.83. The van der Waals surface area contributed by atoms with Gasteiger partial charge in [-0.25, -0.2) is 4.39 Å². The first-order valence-electron chi connectivity index (χ1n) is 7.19. The van der Waals surface area contributed by atoms with E-state index in [1.807, 2.05) is 0 Å². The SMILES string of the molecule is O=C(c1ccccc1F)c1cc(Cl)ccc1NC(CBr)CC(F)(F)F. The maximum absolute atomic E-state index is 13.9. The summed E-state index contributed by atoms with van der Waals surface area (Å²) in [5.41, 5.74) is -0.0175. The Hall–Kier alpha value is -1.60. The monoisotopic (exact) mass is 437 g/mol. The molecule has 0 aliphatic rings. The number of hydrogen-bond acceptors (Lipinski definition) is 2. The minimum absolute atomic E-state index is 0.00530. The number of ketones is 1. The highest BCUT2D eigenvalue weighted by atomic mass is 79.9. The Kier molecular flexibility index (Phi) is 6.46. The van der Waals surface area contributed by atoms with Gasteiger partial charge in [0.15, 0.2) is 5.78 Å². The summed E-state index contributed by atoms with van der Waals surface area (Å²) in [5, 5.41) is 2.92. The summed E-state index contributed by atoms with van der Waals surface area (Å²) in [7, 11) is 0. The van der Waals surface area contributed by atoms with E-state index in [4.69, 9.17) is 11.6 Å². The van der Waals surface area contributed by atoms with Gasteiger partial charge in [0.05, 0.1) is 12.0 Å². The molecule has 0 aliphatic heterocycles. The van der Waals surface area contributed by atoms with Crippen molar-refractivity contribution in [2.24, 2.45) is 0 Å². The van der Waals surface area contributed by atoms with E-state index in [0.717, 1.165) is 6.07 Å². The standard InChI is InChI=1S/C17H13BrClF4NO/c18-9-11(8-17(21,22)23)24-15-6-5-10(19)7-13(15)16(25)12-3-1-2-4-14(12)20/h1-7,11,24H,8-9H2. The highest BCUT2D eigenvalue weighted by molar-refractivity contribution is 9.09.